The van der Waals surface area contributed by atoms with Gasteiger partial charge in [0.05, 0.1) is 11.4 Å². The number of ketones is 1. The van der Waals surface area contributed by atoms with E-state index in [1.807, 2.05) is 6.07 Å². The van der Waals surface area contributed by atoms with Gasteiger partial charge in [-0.3, -0.25) is 4.79 Å². The number of aromatic nitrogens is 1. The highest BCUT2D eigenvalue weighted by molar-refractivity contribution is 8.00. The minimum Gasteiger partial charge on any atom is -0.358 e. The second-order valence-electron chi connectivity index (χ2n) is 1.93. The minimum atomic E-state index is 0.222. The monoisotopic (exact) mass is 139 g/mol. The van der Waals surface area contributed by atoms with Crippen LogP contribution in [0.1, 0.15) is 10.5 Å². The summed E-state index contributed by atoms with van der Waals surface area (Å²) in [6.45, 7) is 0. The summed E-state index contributed by atoms with van der Waals surface area (Å²) in [5, 5.41) is 0. The van der Waals surface area contributed by atoms with Crippen molar-refractivity contribution in [2.75, 3.05) is 5.75 Å². The molecule has 0 aromatic carbocycles. The van der Waals surface area contributed by atoms with Gasteiger partial charge in [-0.25, -0.2) is 0 Å². The van der Waals surface area contributed by atoms with E-state index in [1.54, 1.807) is 18.0 Å². The molecule has 3 heteroatoms. The maximum atomic E-state index is 10.9. The van der Waals surface area contributed by atoms with Gasteiger partial charge in [0, 0.05) is 11.1 Å². The summed E-state index contributed by atoms with van der Waals surface area (Å²) in [5.41, 5.74) is 0.792. The predicted octanol–water partition coefficient (Wildman–Crippen LogP) is 1.30. The third-order valence-electron chi connectivity index (χ3n) is 1.35. The Morgan fingerprint density at radius 2 is 2.56 bits per heavy atom. The highest BCUT2D eigenvalue weighted by Crippen LogP contribution is 2.29. The number of H-pyrrole nitrogens is 1. The van der Waals surface area contributed by atoms with E-state index in [9.17, 15) is 4.79 Å². The largest absolute Gasteiger partial charge is 0.358 e. The summed E-state index contributed by atoms with van der Waals surface area (Å²) < 4.78 is 0. The van der Waals surface area contributed by atoms with Gasteiger partial charge in [0.25, 0.3) is 0 Å². The maximum Gasteiger partial charge on any atom is 0.190 e. The van der Waals surface area contributed by atoms with Crippen LogP contribution in [-0.4, -0.2) is 16.5 Å². The maximum absolute atomic E-state index is 10.9. The number of carbonyl (C=O) groups is 1. The normalized spacial score (nSPS) is 16.2. The second kappa shape index (κ2) is 1.64. The molecule has 1 N–H and O–H groups in total. The molecule has 0 saturated carbocycles. The Morgan fingerprint density at radius 1 is 1.67 bits per heavy atom. The summed E-state index contributed by atoms with van der Waals surface area (Å²) in [6, 6.07) is 1.94. The SMILES string of the molecule is O=C1CSc2cc[nH]c21. The lowest BCUT2D eigenvalue weighted by Gasteiger charge is -1.79. The molecule has 2 rings (SSSR count). The van der Waals surface area contributed by atoms with Crippen molar-refractivity contribution >= 4 is 17.5 Å². The fraction of sp³-hybridized carbons (Fsp3) is 0.167. The zero-order valence-corrected chi connectivity index (χ0v) is 5.49. The van der Waals surface area contributed by atoms with Crippen LogP contribution in [0, 0.1) is 0 Å². The molecule has 1 aliphatic heterocycles. The quantitative estimate of drug-likeness (QED) is 0.587. The van der Waals surface area contributed by atoms with Crippen LogP contribution in [0.3, 0.4) is 0 Å². The average molecular weight is 139 g/mol. The molecule has 0 aliphatic carbocycles. The third-order valence-corrected chi connectivity index (χ3v) is 2.40. The van der Waals surface area contributed by atoms with Crippen LogP contribution in [0.2, 0.25) is 0 Å². The van der Waals surface area contributed by atoms with Crippen molar-refractivity contribution in [1.82, 2.24) is 4.98 Å². The molecular formula is C6H5NOS. The number of rotatable bonds is 0. The summed E-state index contributed by atoms with van der Waals surface area (Å²) in [4.78, 5) is 14.9. The van der Waals surface area contributed by atoms with Crippen LogP contribution in [0.5, 0.6) is 0 Å². The van der Waals surface area contributed by atoms with Crippen molar-refractivity contribution in [2.24, 2.45) is 0 Å². The number of Topliss-reactive ketones (excluding diaryl/α,β-unsaturated/α-hetero) is 1. The molecule has 1 aromatic rings. The smallest absolute Gasteiger partial charge is 0.190 e. The van der Waals surface area contributed by atoms with E-state index >= 15 is 0 Å². The molecule has 2 heterocycles. The first-order valence-corrected chi connectivity index (χ1v) is 3.70. The van der Waals surface area contributed by atoms with Gasteiger partial charge in [-0.15, -0.1) is 11.8 Å². The highest BCUT2D eigenvalue weighted by Gasteiger charge is 2.20. The molecule has 0 fully saturated rings. The Balaban J connectivity index is 2.61. The summed E-state index contributed by atoms with van der Waals surface area (Å²) >= 11 is 1.60. The first-order valence-electron chi connectivity index (χ1n) is 2.71. The zero-order valence-electron chi connectivity index (χ0n) is 4.68. The van der Waals surface area contributed by atoms with Gasteiger partial charge < -0.3 is 4.98 Å². The zero-order chi connectivity index (χ0) is 6.27. The molecule has 1 aromatic heterocycles. The Labute approximate surface area is 56.6 Å². The van der Waals surface area contributed by atoms with Crippen LogP contribution < -0.4 is 0 Å². The molecule has 0 bridgehead atoms. The minimum absolute atomic E-state index is 0.222. The van der Waals surface area contributed by atoms with Crippen LogP contribution in [-0.2, 0) is 0 Å². The van der Waals surface area contributed by atoms with E-state index in [2.05, 4.69) is 4.98 Å². The van der Waals surface area contributed by atoms with Crippen molar-refractivity contribution < 1.29 is 4.79 Å². The highest BCUT2D eigenvalue weighted by atomic mass is 32.2. The van der Waals surface area contributed by atoms with Gasteiger partial charge in [-0.05, 0) is 6.07 Å². The van der Waals surface area contributed by atoms with Crippen LogP contribution in [0.25, 0.3) is 0 Å². The molecule has 46 valence electrons. The number of nitrogens with one attached hydrogen (secondary N) is 1. The van der Waals surface area contributed by atoms with Crippen molar-refractivity contribution in [3.8, 4) is 0 Å². The van der Waals surface area contributed by atoms with Crippen LogP contribution >= 0.6 is 11.8 Å². The standard InChI is InChI=1S/C6H5NOS/c8-4-3-9-5-1-2-7-6(4)5/h1-2,7H,3H2. The fourth-order valence-electron chi connectivity index (χ4n) is 0.909. The number of hydrogen-bond acceptors (Lipinski definition) is 2. The van der Waals surface area contributed by atoms with Gasteiger partial charge in [-0.2, -0.15) is 0 Å². The van der Waals surface area contributed by atoms with Gasteiger partial charge >= 0.3 is 0 Å². The van der Waals surface area contributed by atoms with Crippen molar-refractivity contribution in [3.05, 3.63) is 18.0 Å². The van der Waals surface area contributed by atoms with E-state index in [0.717, 1.165) is 10.6 Å². The predicted molar refractivity (Wildman–Crippen MR) is 35.8 cm³/mol. The lowest BCUT2D eigenvalue weighted by molar-refractivity contribution is 0.101. The summed E-state index contributed by atoms with van der Waals surface area (Å²) in [6.07, 6.45) is 1.80. The van der Waals surface area contributed by atoms with Gasteiger partial charge in [-0.1, -0.05) is 0 Å². The van der Waals surface area contributed by atoms with E-state index in [0.29, 0.717) is 5.75 Å². The van der Waals surface area contributed by atoms with E-state index in [-0.39, 0.29) is 5.78 Å². The molecule has 0 amide bonds. The van der Waals surface area contributed by atoms with Crippen molar-refractivity contribution in [2.45, 2.75) is 4.90 Å². The van der Waals surface area contributed by atoms with Crippen LogP contribution in [0.4, 0.5) is 0 Å². The topological polar surface area (TPSA) is 32.9 Å². The van der Waals surface area contributed by atoms with E-state index < -0.39 is 0 Å². The fourth-order valence-corrected chi connectivity index (χ4v) is 1.82. The van der Waals surface area contributed by atoms with E-state index in [1.165, 1.54) is 0 Å². The molecule has 0 unspecified atom stereocenters. The molecule has 1 aliphatic rings. The molecule has 0 radical (unpaired) electrons. The first kappa shape index (κ1) is 5.11. The number of aromatic amines is 1. The number of thioether (sulfide) groups is 1. The average Bonchev–Trinajstić information content (AvgIpc) is 2.35. The Bertz CT molecular complexity index is 253. The molecule has 0 saturated heterocycles. The molecule has 2 nitrogen and oxygen atoms in total. The van der Waals surface area contributed by atoms with Crippen molar-refractivity contribution in [1.29, 1.82) is 0 Å². The molecule has 9 heavy (non-hydrogen) atoms. The first-order chi connectivity index (χ1) is 4.38. The Kier molecular flexibility index (Phi) is 0.931. The summed E-state index contributed by atoms with van der Waals surface area (Å²) in [7, 11) is 0. The number of fused-ring (bicyclic) bond motifs is 1. The Hall–Kier alpha value is -0.700. The van der Waals surface area contributed by atoms with Crippen LogP contribution in [0.15, 0.2) is 17.2 Å². The second-order valence-corrected chi connectivity index (χ2v) is 2.95. The number of hydrogen-bond donors (Lipinski definition) is 1. The molecule has 0 atom stereocenters. The lowest BCUT2D eigenvalue weighted by Crippen LogP contribution is -1.94. The molecule has 0 spiro atoms. The number of carbonyl (C=O) groups excluding carboxylic acids is 1. The summed E-state index contributed by atoms with van der Waals surface area (Å²) in [5.74, 6) is 0.835. The van der Waals surface area contributed by atoms with Gasteiger partial charge in [0.2, 0.25) is 0 Å². The Morgan fingerprint density at radius 3 is 3.33 bits per heavy atom. The van der Waals surface area contributed by atoms with E-state index in [4.69, 9.17) is 0 Å². The lowest BCUT2D eigenvalue weighted by atomic mass is 10.3. The molecular weight excluding hydrogens is 134 g/mol. The third kappa shape index (κ3) is 0.612. The van der Waals surface area contributed by atoms with Gasteiger partial charge in [0.1, 0.15) is 0 Å². The van der Waals surface area contributed by atoms with Gasteiger partial charge in [0.15, 0.2) is 5.78 Å². The van der Waals surface area contributed by atoms with Crippen molar-refractivity contribution in [3.63, 3.8) is 0 Å².